The van der Waals surface area contributed by atoms with Crippen LogP contribution in [0, 0.1) is 0 Å². The number of nitrogens with one attached hydrogen (secondary N) is 2. The number of benzene rings is 1. The summed E-state index contributed by atoms with van der Waals surface area (Å²) in [7, 11) is 8.55. The molecule has 0 radical (unpaired) electrons. The Morgan fingerprint density at radius 2 is 1.74 bits per heavy atom. The smallest absolute Gasteiger partial charge is 0.255 e. The monoisotopic (exact) mass is 374 g/mol. The van der Waals surface area contributed by atoms with Crippen molar-refractivity contribution in [1.82, 2.24) is 9.88 Å². The van der Waals surface area contributed by atoms with E-state index in [4.69, 9.17) is 14.2 Å². The van der Waals surface area contributed by atoms with Crippen LogP contribution in [-0.4, -0.2) is 64.3 Å². The highest BCUT2D eigenvalue weighted by Crippen LogP contribution is 2.38. The topological polar surface area (TPSA) is 85.0 Å². The number of hydrogen-bond donors (Lipinski definition) is 2. The van der Waals surface area contributed by atoms with Crippen molar-refractivity contribution in [3.8, 4) is 17.2 Å². The Kier molecular flexibility index (Phi) is 7.25. The van der Waals surface area contributed by atoms with E-state index in [1.165, 1.54) is 21.3 Å². The molecule has 0 saturated carbocycles. The molecular formula is C19H26N4O4. The Hall–Kier alpha value is -3.00. The minimum Gasteiger partial charge on any atom is -0.493 e. The normalized spacial score (nSPS) is 10.4. The van der Waals surface area contributed by atoms with Crippen LogP contribution < -0.4 is 24.8 Å². The largest absolute Gasteiger partial charge is 0.493 e. The number of hydrogen-bond acceptors (Lipinski definition) is 7. The summed E-state index contributed by atoms with van der Waals surface area (Å²) < 4.78 is 15.8. The zero-order valence-corrected chi connectivity index (χ0v) is 16.3. The van der Waals surface area contributed by atoms with Crippen LogP contribution in [0.25, 0.3) is 0 Å². The second-order valence-corrected chi connectivity index (χ2v) is 6.03. The van der Waals surface area contributed by atoms with Crippen LogP contribution >= 0.6 is 0 Å². The third kappa shape index (κ3) is 5.49. The number of rotatable bonds is 9. The summed E-state index contributed by atoms with van der Waals surface area (Å²) in [4.78, 5) is 19.0. The predicted octanol–water partition coefficient (Wildman–Crippen LogP) is 2.33. The second-order valence-electron chi connectivity index (χ2n) is 6.03. The Bertz CT molecular complexity index is 738. The number of nitrogens with zero attached hydrogens (tertiary/aromatic N) is 2. The highest BCUT2D eigenvalue weighted by atomic mass is 16.5. The second kappa shape index (κ2) is 9.63. The molecule has 0 saturated heterocycles. The lowest BCUT2D eigenvalue weighted by atomic mass is 10.1. The van der Waals surface area contributed by atoms with Crippen LogP contribution in [0.2, 0.25) is 0 Å². The Morgan fingerprint density at radius 3 is 2.22 bits per heavy atom. The first kappa shape index (κ1) is 20.3. The molecule has 8 nitrogen and oxygen atoms in total. The van der Waals surface area contributed by atoms with Gasteiger partial charge in [0, 0.05) is 18.7 Å². The average Bonchev–Trinajstić information content (AvgIpc) is 2.67. The van der Waals surface area contributed by atoms with Gasteiger partial charge in [0.1, 0.15) is 5.82 Å². The lowest BCUT2D eigenvalue weighted by Gasteiger charge is -2.14. The molecule has 0 aliphatic heterocycles. The number of anilines is 2. The average molecular weight is 374 g/mol. The van der Waals surface area contributed by atoms with Gasteiger partial charge in [-0.2, -0.15) is 0 Å². The van der Waals surface area contributed by atoms with Crippen molar-refractivity contribution in [2.24, 2.45) is 0 Å². The molecule has 0 spiro atoms. The summed E-state index contributed by atoms with van der Waals surface area (Å²) in [5.41, 5.74) is 0.976. The molecule has 0 aliphatic rings. The van der Waals surface area contributed by atoms with Gasteiger partial charge in [-0.1, -0.05) is 0 Å². The van der Waals surface area contributed by atoms with Crippen LogP contribution in [0.1, 0.15) is 10.4 Å². The van der Waals surface area contributed by atoms with Gasteiger partial charge >= 0.3 is 0 Å². The van der Waals surface area contributed by atoms with Gasteiger partial charge in [0.2, 0.25) is 5.75 Å². The molecule has 0 fully saturated rings. The van der Waals surface area contributed by atoms with E-state index in [-0.39, 0.29) is 5.91 Å². The molecule has 0 unspecified atom stereocenters. The summed E-state index contributed by atoms with van der Waals surface area (Å²) in [6, 6.07) is 6.81. The fraction of sp³-hybridized carbons (Fsp3) is 0.368. The van der Waals surface area contributed by atoms with Crippen LogP contribution in [0.5, 0.6) is 17.2 Å². The van der Waals surface area contributed by atoms with Gasteiger partial charge in [0.15, 0.2) is 11.5 Å². The fourth-order valence-electron chi connectivity index (χ4n) is 2.40. The molecule has 146 valence electrons. The lowest BCUT2D eigenvalue weighted by Crippen LogP contribution is -2.21. The molecular weight excluding hydrogens is 348 g/mol. The zero-order chi connectivity index (χ0) is 19.8. The number of likely N-dealkylation sites (N-methyl/N-ethyl adjacent to an activating group) is 1. The molecule has 1 aromatic carbocycles. The van der Waals surface area contributed by atoms with E-state index in [9.17, 15) is 4.79 Å². The molecule has 0 atom stereocenters. The van der Waals surface area contributed by atoms with Gasteiger partial charge in [0.05, 0.1) is 33.2 Å². The maximum Gasteiger partial charge on any atom is 0.255 e. The maximum atomic E-state index is 12.6. The van der Waals surface area contributed by atoms with E-state index < -0.39 is 0 Å². The fourth-order valence-corrected chi connectivity index (χ4v) is 2.40. The SMILES string of the molecule is COc1cc(C(=O)Nc2ccc(NCCN(C)C)nc2)cc(OC)c1OC. The van der Waals surface area contributed by atoms with Gasteiger partial charge in [-0.25, -0.2) is 4.98 Å². The number of carbonyl (C=O) groups excluding carboxylic acids is 1. The minimum absolute atomic E-state index is 0.302. The molecule has 0 bridgehead atoms. The number of amides is 1. The van der Waals surface area contributed by atoms with Gasteiger partial charge in [-0.05, 0) is 38.4 Å². The summed E-state index contributed by atoms with van der Waals surface area (Å²) in [6.07, 6.45) is 1.61. The van der Waals surface area contributed by atoms with Crippen molar-refractivity contribution < 1.29 is 19.0 Å². The van der Waals surface area contributed by atoms with Crippen LogP contribution in [-0.2, 0) is 0 Å². The Labute approximate surface area is 159 Å². The highest BCUT2D eigenvalue weighted by molar-refractivity contribution is 6.05. The van der Waals surface area contributed by atoms with Crippen molar-refractivity contribution in [2.45, 2.75) is 0 Å². The summed E-state index contributed by atoms with van der Waals surface area (Å²) >= 11 is 0. The van der Waals surface area contributed by atoms with Crippen LogP contribution in [0.3, 0.4) is 0 Å². The lowest BCUT2D eigenvalue weighted by molar-refractivity contribution is 0.102. The maximum absolute atomic E-state index is 12.6. The van der Waals surface area contributed by atoms with E-state index in [0.29, 0.717) is 28.5 Å². The minimum atomic E-state index is -0.302. The van der Waals surface area contributed by atoms with E-state index in [1.54, 1.807) is 24.4 Å². The van der Waals surface area contributed by atoms with Crippen molar-refractivity contribution in [1.29, 1.82) is 0 Å². The van der Waals surface area contributed by atoms with E-state index >= 15 is 0 Å². The molecule has 27 heavy (non-hydrogen) atoms. The molecule has 2 rings (SSSR count). The van der Waals surface area contributed by atoms with E-state index in [1.807, 2.05) is 20.2 Å². The molecule has 8 heteroatoms. The number of methoxy groups -OCH3 is 3. The number of pyridine rings is 1. The number of carbonyl (C=O) groups is 1. The third-order valence-electron chi connectivity index (χ3n) is 3.81. The third-order valence-corrected chi connectivity index (χ3v) is 3.81. The summed E-state index contributed by atoms with van der Waals surface area (Å²) in [6.45, 7) is 1.69. The molecule has 1 amide bonds. The van der Waals surface area contributed by atoms with Crippen molar-refractivity contribution >= 4 is 17.4 Å². The summed E-state index contributed by atoms with van der Waals surface area (Å²) in [5, 5.41) is 6.03. The highest BCUT2D eigenvalue weighted by Gasteiger charge is 2.17. The first-order chi connectivity index (χ1) is 13.0. The zero-order valence-electron chi connectivity index (χ0n) is 16.3. The Morgan fingerprint density at radius 1 is 1.07 bits per heavy atom. The molecule has 1 heterocycles. The quantitative estimate of drug-likeness (QED) is 0.697. The first-order valence-corrected chi connectivity index (χ1v) is 8.44. The predicted molar refractivity (Wildman–Crippen MR) is 105 cm³/mol. The number of aromatic nitrogens is 1. The molecule has 2 aromatic rings. The van der Waals surface area contributed by atoms with Gasteiger partial charge in [-0.3, -0.25) is 4.79 Å². The van der Waals surface area contributed by atoms with E-state index in [2.05, 4.69) is 20.5 Å². The molecule has 1 aromatic heterocycles. The number of ether oxygens (including phenoxy) is 3. The van der Waals surface area contributed by atoms with Gasteiger partial charge in [0.25, 0.3) is 5.91 Å². The summed E-state index contributed by atoms with van der Waals surface area (Å²) in [5.74, 6) is 1.72. The van der Waals surface area contributed by atoms with Gasteiger partial charge < -0.3 is 29.7 Å². The van der Waals surface area contributed by atoms with Crippen molar-refractivity contribution in [2.75, 3.05) is 59.1 Å². The molecule has 0 aliphatic carbocycles. The van der Waals surface area contributed by atoms with Gasteiger partial charge in [-0.15, -0.1) is 0 Å². The van der Waals surface area contributed by atoms with Crippen LogP contribution in [0.4, 0.5) is 11.5 Å². The standard InChI is InChI=1S/C19H26N4O4/c1-23(2)9-8-20-17-7-6-14(12-21-17)22-19(24)13-10-15(25-3)18(27-5)16(11-13)26-4/h6-7,10-12H,8-9H2,1-5H3,(H,20,21)(H,22,24). The first-order valence-electron chi connectivity index (χ1n) is 8.44. The van der Waals surface area contributed by atoms with Crippen molar-refractivity contribution in [3.05, 3.63) is 36.0 Å². The Balaban J connectivity index is 2.08. The van der Waals surface area contributed by atoms with Crippen molar-refractivity contribution in [3.63, 3.8) is 0 Å². The van der Waals surface area contributed by atoms with Crippen LogP contribution in [0.15, 0.2) is 30.5 Å². The molecule has 2 N–H and O–H groups in total. The van der Waals surface area contributed by atoms with E-state index in [0.717, 1.165) is 18.9 Å².